The third-order valence-electron chi connectivity index (χ3n) is 2.48. The molecule has 2 rings (SSSR count). The lowest BCUT2D eigenvalue weighted by Gasteiger charge is -2.14. The Balaban J connectivity index is 2.34. The zero-order valence-electron chi connectivity index (χ0n) is 9.75. The molecule has 86 valence electrons. The van der Waals surface area contributed by atoms with Gasteiger partial charge in [-0.15, -0.1) is 5.10 Å². The Hall–Kier alpha value is -1.69. The molecule has 0 saturated heterocycles. The van der Waals surface area contributed by atoms with Crippen molar-refractivity contribution >= 4 is 0 Å². The van der Waals surface area contributed by atoms with Crippen molar-refractivity contribution in [3.63, 3.8) is 0 Å². The average Bonchev–Trinajstić information content (AvgIpc) is 2.84. The number of hydrogen-bond acceptors (Lipinski definition) is 4. The third kappa shape index (κ3) is 1.96. The fourth-order valence-corrected chi connectivity index (χ4v) is 1.71. The van der Waals surface area contributed by atoms with Gasteiger partial charge < -0.3 is 5.32 Å². The zero-order valence-corrected chi connectivity index (χ0v) is 9.75. The van der Waals surface area contributed by atoms with Crippen LogP contribution in [0, 0.1) is 0 Å². The Kier molecular flexibility index (Phi) is 3.00. The molecule has 0 saturated carbocycles. The van der Waals surface area contributed by atoms with Gasteiger partial charge in [0, 0.05) is 20.3 Å². The van der Waals surface area contributed by atoms with E-state index >= 15 is 0 Å². The van der Waals surface area contributed by atoms with Gasteiger partial charge >= 0.3 is 0 Å². The van der Waals surface area contributed by atoms with E-state index in [1.807, 2.05) is 26.4 Å². The quantitative estimate of drug-likeness (QED) is 0.802. The molecule has 6 heteroatoms. The van der Waals surface area contributed by atoms with Crippen LogP contribution in [-0.2, 0) is 14.1 Å². The summed E-state index contributed by atoms with van der Waals surface area (Å²) in [6.45, 7) is 2.94. The van der Waals surface area contributed by atoms with Crippen LogP contribution in [0.25, 0.3) is 0 Å². The van der Waals surface area contributed by atoms with Crippen LogP contribution < -0.4 is 5.32 Å². The van der Waals surface area contributed by atoms with Crippen molar-refractivity contribution in [3.8, 4) is 0 Å². The lowest BCUT2D eigenvalue weighted by atomic mass is 10.1. The summed E-state index contributed by atoms with van der Waals surface area (Å²) in [7, 11) is 3.80. The molecule has 16 heavy (non-hydrogen) atoms. The molecule has 0 amide bonds. The standard InChI is InChI=1S/C10H16N6/c1-4-11-10(8-5-6-15(2)13-8)9-7-12-14-16(9)3/h5-7,10-11H,4H2,1-3H3. The van der Waals surface area contributed by atoms with Crippen molar-refractivity contribution in [1.29, 1.82) is 0 Å². The first-order valence-electron chi connectivity index (χ1n) is 5.30. The Morgan fingerprint density at radius 2 is 2.25 bits per heavy atom. The molecule has 1 unspecified atom stereocenters. The summed E-state index contributed by atoms with van der Waals surface area (Å²) in [4.78, 5) is 0. The third-order valence-corrected chi connectivity index (χ3v) is 2.48. The summed E-state index contributed by atoms with van der Waals surface area (Å²) in [5, 5.41) is 15.6. The predicted molar refractivity (Wildman–Crippen MR) is 59.7 cm³/mol. The topological polar surface area (TPSA) is 60.6 Å². The molecule has 0 fully saturated rings. The minimum absolute atomic E-state index is 0.0474. The SMILES string of the molecule is CCNC(c1ccn(C)n1)c1cnnn1C. The van der Waals surface area contributed by atoms with Crippen LogP contribution in [-0.4, -0.2) is 31.3 Å². The van der Waals surface area contributed by atoms with E-state index in [0.29, 0.717) is 0 Å². The van der Waals surface area contributed by atoms with Gasteiger partial charge in [0.25, 0.3) is 0 Å². The minimum Gasteiger partial charge on any atom is -0.304 e. The molecule has 0 aliphatic rings. The number of aryl methyl sites for hydroxylation is 2. The summed E-state index contributed by atoms with van der Waals surface area (Å²) in [6.07, 6.45) is 3.70. The van der Waals surface area contributed by atoms with Crippen molar-refractivity contribution in [2.24, 2.45) is 14.1 Å². The lowest BCUT2D eigenvalue weighted by molar-refractivity contribution is 0.550. The maximum absolute atomic E-state index is 4.41. The summed E-state index contributed by atoms with van der Waals surface area (Å²) >= 11 is 0. The second kappa shape index (κ2) is 4.44. The molecule has 0 aromatic carbocycles. The molecule has 1 atom stereocenters. The highest BCUT2D eigenvalue weighted by atomic mass is 15.4. The molecule has 0 radical (unpaired) electrons. The number of hydrogen-bond donors (Lipinski definition) is 1. The van der Waals surface area contributed by atoms with Crippen molar-refractivity contribution in [1.82, 2.24) is 30.1 Å². The van der Waals surface area contributed by atoms with E-state index in [4.69, 9.17) is 0 Å². The van der Waals surface area contributed by atoms with Gasteiger partial charge in [0.05, 0.1) is 23.6 Å². The van der Waals surface area contributed by atoms with Crippen LogP contribution in [0.15, 0.2) is 18.5 Å². The van der Waals surface area contributed by atoms with Crippen molar-refractivity contribution in [2.45, 2.75) is 13.0 Å². The molecule has 2 aromatic rings. The minimum atomic E-state index is 0.0474. The normalized spacial score (nSPS) is 12.9. The number of nitrogens with one attached hydrogen (secondary N) is 1. The molecular weight excluding hydrogens is 204 g/mol. The van der Waals surface area contributed by atoms with Crippen molar-refractivity contribution in [3.05, 3.63) is 29.8 Å². The van der Waals surface area contributed by atoms with Crippen LogP contribution in [0.3, 0.4) is 0 Å². The summed E-state index contributed by atoms with van der Waals surface area (Å²) < 4.78 is 3.56. The van der Waals surface area contributed by atoms with Crippen molar-refractivity contribution < 1.29 is 0 Å². The van der Waals surface area contributed by atoms with E-state index in [-0.39, 0.29) is 6.04 Å². The van der Waals surface area contributed by atoms with E-state index < -0.39 is 0 Å². The van der Waals surface area contributed by atoms with Gasteiger partial charge in [-0.1, -0.05) is 12.1 Å². The summed E-state index contributed by atoms with van der Waals surface area (Å²) in [5.74, 6) is 0. The highest BCUT2D eigenvalue weighted by Gasteiger charge is 2.19. The largest absolute Gasteiger partial charge is 0.304 e. The molecule has 1 N–H and O–H groups in total. The van der Waals surface area contributed by atoms with Gasteiger partial charge in [0.1, 0.15) is 0 Å². The van der Waals surface area contributed by atoms with Gasteiger partial charge in [-0.2, -0.15) is 5.10 Å². The van der Waals surface area contributed by atoms with Crippen LogP contribution in [0.5, 0.6) is 0 Å². The first-order valence-corrected chi connectivity index (χ1v) is 5.30. The van der Waals surface area contributed by atoms with Crippen LogP contribution >= 0.6 is 0 Å². The maximum Gasteiger partial charge on any atom is 0.0956 e. The molecule has 0 spiro atoms. The Labute approximate surface area is 94.3 Å². The highest BCUT2D eigenvalue weighted by Crippen LogP contribution is 2.18. The van der Waals surface area contributed by atoms with Crippen LogP contribution in [0.4, 0.5) is 0 Å². The summed E-state index contributed by atoms with van der Waals surface area (Å²) in [5.41, 5.74) is 2.00. The average molecular weight is 220 g/mol. The Morgan fingerprint density at radius 1 is 1.44 bits per heavy atom. The van der Waals surface area contributed by atoms with Gasteiger partial charge in [-0.05, 0) is 12.6 Å². The fraction of sp³-hybridized carbons (Fsp3) is 0.500. The van der Waals surface area contributed by atoms with Gasteiger partial charge in [-0.3, -0.25) is 9.36 Å². The van der Waals surface area contributed by atoms with E-state index in [2.05, 4.69) is 27.7 Å². The van der Waals surface area contributed by atoms with E-state index in [1.165, 1.54) is 0 Å². The maximum atomic E-state index is 4.41. The molecule has 0 aliphatic heterocycles. The Morgan fingerprint density at radius 3 is 2.75 bits per heavy atom. The number of aromatic nitrogens is 5. The number of nitrogens with zero attached hydrogens (tertiary/aromatic N) is 5. The highest BCUT2D eigenvalue weighted by molar-refractivity contribution is 5.18. The Bertz CT molecular complexity index is 457. The molecule has 6 nitrogen and oxygen atoms in total. The van der Waals surface area contributed by atoms with Crippen molar-refractivity contribution in [2.75, 3.05) is 6.54 Å². The fourth-order valence-electron chi connectivity index (χ4n) is 1.71. The first kappa shape index (κ1) is 10.8. The lowest BCUT2D eigenvalue weighted by Crippen LogP contribution is -2.24. The van der Waals surface area contributed by atoms with Crippen LogP contribution in [0.2, 0.25) is 0 Å². The molecule has 2 aromatic heterocycles. The van der Waals surface area contributed by atoms with E-state index in [1.54, 1.807) is 15.6 Å². The second-order valence-electron chi connectivity index (χ2n) is 3.69. The molecular formula is C10H16N6. The van der Waals surface area contributed by atoms with E-state index in [0.717, 1.165) is 17.9 Å². The van der Waals surface area contributed by atoms with Gasteiger partial charge in [-0.25, -0.2) is 0 Å². The molecule has 0 aliphatic carbocycles. The molecule has 2 heterocycles. The van der Waals surface area contributed by atoms with Gasteiger partial charge in [0.15, 0.2) is 0 Å². The predicted octanol–water partition coefficient (Wildman–Crippen LogP) is 0.247. The first-order chi connectivity index (χ1) is 7.72. The zero-order chi connectivity index (χ0) is 11.5. The van der Waals surface area contributed by atoms with Crippen LogP contribution in [0.1, 0.15) is 24.4 Å². The molecule has 0 bridgehead atoms. The number of rotatable bonds is 4. The monoisotopic (exact) mass is 220 g/mol. The summed E-state index contributed by atoms with van der Waals surface area (Å²) in [6, 6.07) is 2.05. The van der Waals surface area contributed by atoms with Gasteiger partial charge in [0.2, 0.25) is 0 Å². The van der Waals surface area contributed by atoms with E-state index in [9.17, 15) is 0 Å². The second-order valence-corrected chi connectivity index (χ2v) is 3.69. The smallest absolute Gasteiger partial charge is 0.0956 e.